The van der Waals surface area contributed by atoms with E-state index in [9.17, 15) is 23.3 Å². The van der Waals surface area contributed by atoms with E-state index in [1.54, 1.807) is 0 Å². The van der Waals surface area contributed by atoms with Crippen molar-refractivity contribution in [2.24, 2.45) is 5.14 Å². The van der Waals surface area contributed by atoms with Gasteiger partial charge in [-0.2, -0.15) is 0 Å². The summed E-state index contributed by atoms with van der Waals surface area (Å²) < 4.78 is 32.3. The molecule has 9 nitrogen and oxygen atoms in total. The molecule has 0 aliphatic carbocycles. The second-order valence-corrected chi connectivity index (χ2v) is 5.64. The number of benzene rings is 1. The Hall–Kier alpha value is -2.04. The highest BCUT2D eigenvalue weighted by molar-refractivity contribution is 7.89. The van der Waals surface area contributed by atoms with Gasteiger partial charge in [-0.15, -0.1) is 0 Å². The fraction of sp³-hybridized carbons (Fsp3) is 0.300. The molecule has 0 radical (unpaired) electrons. The van der Waals surface area contributed by atoms with Crippen LogP contribution in [0.4, 0.5) is 5.69 Å². The lowest BCUT2D eigenvalue weighted by Crippen LogP contribution is -2.37. The lowest BCUT2D eigenvalue weighted by Gasteiger charge is -2.25. The molecule has 0 atom stereocenters. The van der Waals surface area contributed by atoms with E-state index in [1.807, 2.05) is 0 Å². The Labute approximate surface area is 113 Å². The van der Waals surface area contributed by atoms with Crippen molar-refractivity contribution in [3.8, 4) is 0 Å². The number of nitrogens with two attached hydrogens (primary N) is 1. The molecule has 0 spiro atoms. The number of hydrogen-bond donors (Lipinski definition) is 1. The summed E-state index contributed by atoms with van der Waals surface area (Å²) in [5.41, 5.74) is -0.816. The van der Waals surface area contributed by atoms with Crippen LogP contribution in [0, 0.1) is 10.1 Å². The van der Waals surface area contributed by atoms with E-state index >= 15 is 0 Å². The van der Waals surface area contributed by atoms with E-state index in [0.717, 1.165) is 18.2 Å². The SMILES string of the molecule is NS(=O)(=O)c1cc(C(=O)OC2COC2)cc([N+](=O)[O-])c1. The zero-order chi connectivity index (χ0) is 14.9. The fourth-order valence-corrected chi connectivity index (χ4v) is 2.05. The van der Waals surface area contributed by atoms with E-state index in [-0.39, 0.29) is 18.8 Å². The molecule has 2 rings (SSSR count). The fourth-order valence-electron chi connectivity index (χ4n) is 1.47. The Morgan fingerprint density at radius 3 is 2.50 bits per heavy atom. The third-order valence-corrected chi connectivity index (χ3v) is 3.44. The van der Waals surface area contributed by atoms with Crippen molar-refractivity contribution in [3.05, 3.63) is 33.9 Å². The van der Waals surface area contributed by atoms with Crippen molar-refractivity contribution >= 4 is 21.7 Å². The highest BCUT2D eigenvalue weighted by atomic mass is 32.2. The first kappa shape index (κ1) is 14.4. The number of hydrogen-bond acceptors (Lipinski definition) is 7. The molecule has 1 heterocycles. The van der Waals surface area contributed by atoms with E-state index in [1.165, 1.54) is 0 Å². The average Bonchev–Trinajstić information content (AvgIpc) is 2.31. The van der Waals surface area contributed by atoms with Crippen molar-refractivity contribution in [2.45, 2.75) is 11.0 Å². The number of ether oxygens (including phenoxy) is 2. The van der Waals surface area contributed by atoms with Crippen LogP contribution in [-0.4, -0.2) is 38.6 Å². The number of carbonyl (C=O) groups excluding carboxylic acids is 1. The monoisotopic (exact) mass is 302 g/mol. The Morgan fingerprint density at radius 1 is 1.40 bits per heavy atom. The molecule has 1 aliphatic heterocycles. The van der Waals surface area contributed by atoms with Crippen molar-refractivity contribution in [1.29, 1.82) is 0 Å². The molecule has 1 aromatic carbocycles. The minimum absolute atomic E-state index is 0.239. The van der Waals surface area contributed by atoms with Crippen molar-refractivity contribution < 1.29 is 27.6 Å². The molecular weight excluding hydrogens is 292 g/mol. The van der Waals surface area contributed by atoms with Gasteiger partial charge in [0.15, 0.2) is 0 Å². The summed E-state index contributed by atoms with van der Waals surface area (Å²) in [5.74, 6) is -0.869. The highest BCUT2D eigenvalue weighted by Crippen LogP contribution is 2.21. The first-order chi connectivity index (χ1) is 9.27. The summed E-state index contributed by atoms with van der Waals surface area (Å²) in [5, 5.41) is 15.7. The molecule has 1 aliphatic rings. The predicted octanol–water partition coefficient (Wildman–Crippen LogP) is -0.202. The van der Waals surface area contributed by atoms with E-state index in [0.29, 0.717) is 0 Å². The largest absolute Gasteiger partial charge is 0.454 e. The maximum Gasteiger partial charge on any atom is 0.338 e. The Balaban J connectivity index is 2.38. The molecule has 1 saturated heterocycles. The Kier molecular flexibility index (Phi) is 3.70. The number of nitro benzene ring substituents is 1. The van der Waals surface area contributed by atoms with E-state index in [2.05, 4.69) is 0 Å². The number of rotatable bonds is 4. The maximum absolute atomic E-state index is 11.8. The van der Waals surface area contributed by atoms with Gasteiger partial charge < -0.3 is 9.47 Å². The van der Waals surface area contributed by atoms with Crippen molar-refractivity contribution in [3.63, 3.8) is 0 Å². The van der Waals surface area contributed by atoms with Gasteiger partial charge in [0.2, 0.25) is 10.0 Å². The Morgan fingerprint density at radius 2 is 2.05 bits per heavy atom. The molecule has 0 amide bonds. The minimum Gasteiger partial charge on any atom is -0.454 e. The van der Waals surface area contributed by atoms with Crippen LogP contribution in [0.25, 0.3) is 0 Å². The molecule has 0 unspecified atom stereocenters. The Bertz CT molecular complexity index is 666. The normalized spacial score (nSPS) is 15.4. The number of non-ortho nitro benzene ring substituents is 1. The first-order valence-electron chi connectivity index (χ1n) is 5.38. The summed E-state index contributed by atoms with van der Waals surface area (Å²) in [6.07, 6.45) is -0.431. The zero-order valence-electron chi connectivity index (χ0n) is 10.0. The van der Waals surface area contributed by atoms with Gasteiger partial charge in [-0.3, -0.25) is 10.1 Å². The molecule has 0 aromatic heterocycles. The average molecular weight is 302 g/mol. The summed E-state index contributed by atoms with van der Waals surface area (Å²) in [7, 11) is -4.17. The molecule has 0 bridgehead atoms. The number of sulfonamides is 1. The number of esters is 1. The van der Waals surface area contributed by atoms with Crippen LogP contribution in [0.1, 0.15) is 10.4 Å². The number of nitrogens with zero attached hydrogens (tertiary/aromatic N) is 1. The van der Waals surface area contributed by atoms with Crippen molar-refractivity contribution in [2.75, 3.05) is 13.2 Å². The van der Waals surface area contributed by atoms with Crippen LogP contribution >= 0.6 is 0 Å². The summed E-state index contributed by atoms with van der Waals surface area (Å²) in [6.45, 7) is 0.478. The summed E-state index contributed by atoms with van der Waals surface area (Å²) >= 11 is 0. The molecular formula is C10H10N2O7S. The maximum atomic E-state index is 11.8. The minimum atomic E-state index is -4.17. The smallest absolute Gasteiger partial charge is 0.338 e. The number of primary sulfonamides is 1. The molecule has 1 fully saturated rings. The van der Waals surface area contributed by atoms with Crippen LogP contribution in [-0.2, 0) is 19.5 Å². The molecule has 1 aromatic rings. The predicted molar refractivity (Wildman–Crippen MR) is 64.5 cm³/mol. The molecule has 20 heavy (non-hydrogen) atoms. The zero-order valence-corrected chi connectivity index (χ0v) is 10.8. The van der Waals surface area contributed by atoms with Gasteiger partial charge >= 0.3 is 5.97 Å². The third-order valence-electron chi connectivity index (χ3n) is 2.55. The van der Waals surface area contributed by atoms with Gasteiger partial charge in [0, 0.05) is 12.1 Å². The molecule has 10 heteroatoms. The van der Waals surface area contributed by atoms with E-state index in [4.69, 9.17) is 14.6 Å². The van der Waals surface area contributed by atoms with Gasteiger partial charge in [-0.1, -0.05) is 0 Å². The summed E-state index contributed by atoms with van der Waals surface area (Å²) in [4.78, 5) is 21.2. The second kappa shape index (κ2) is 5.15. The van der Waals surface area contributed by atoms with E-state index < -0.39 is 37.6 Å². The topological polar surface area (TPSA) is 139 Å². The van der Waals surface area contributed by atoms with Gasteiger partial charge in [0.05, 0.1) is 28.6 Å². The standard InChI is InChI=1S/C10H10N2O7S/c11-20(16,17)9-2-6(1-7(3-9)12(14)15)10(13)19-8-4-18-5-8/h1-3,8H,4-5H2,(H2,11,16,17). The number of nitro groups is 1. The lowest BCUT2D eigenvalue weighted by atomic mass is 10.2. The number of carbonyl (C=O) groups is 1. The molecule has 108 valence electrons. The third kappa shape index (κ3) is 3.10. The van der Waals surface area contributed by atoms with Crippen molar-refractivity contribution in [1.82, 2.24) is 0 Å². The quantitative estimate of drug-likeness (QED) is 0.461. The van der Waals surface area contributed by atoms with Gasteiger partial charge in [0.25, 0.3) is 5.69 Å². The van der Waals surface area contributed by atoms with Crippen LogP contribution < -0.4 is 5.14 Å². The van der Waals surface area contributed by atoms with Crippen LogP contribution in [0.3, 0.4) is 0 Å². The van der Waals surface area contributed by atoms with Crippen LogP contribution in [0.2, 0.25) is 0 Å². The van der Waals surface area contributed by atoms with Crippen LogP contribution in [0.5, 0.6) is 0 Å². The lowest BCUT2D eigenvalue weighted by molar-refractivity contribution is -0.385. The molecule has 2 N–H and O–H groups in total. The second-order valence-electron chi connectivity index (χ2n) is 4.08. The van der Waals surface area contributed by atoms with Crippen LogP contribution in [0.15, 0.2) is 23.1 Å². The van der Waals surface area contributed by atoms with Gasteiger partial charge in [-0.25, -0.2) is 18.4 Å². The first-order valence-corrected chi connectivity index (χ1v) is 6.93. The van der Waals surface area contributed by atoms with Gasteiger partial charge in [0.1, 0.15) is 6.10 Å². The molecule has 0 saturated carbocycles. The highest BCUT2D eigenvalue weighted by Gasteiger charge is 2.26. The van der Waals surface area contributed by atoms with Gasteiger partial charge in [-0.05, 0) is 6.07 Å². The summed E-state index contributed by atoms with van der Waals surface area (Å²) in [6, 6.07) is 2.64.